The molecule has 1 rings (SSSR count). The van der Waals surface area contributed by atoms with E-state index < -0.39 is 11.8 Å². The molecule has 76 valence electrons. The first kappa shape index (κ1) is 11.3. The van der Waals surface area contributed by atoms with Gasteiger partial charge in [-0.15, -0.1) is 0 Å². The summed E-state index contributed by atoms with van der Waals surface area (Å²) >= 11 is 8.67. The third-order valence-corrected chi connectivity index (χ3v) is 2.95. The maximum Gasteiger partial charge on any atom is 0.341 e. The minimum absolute atomic E-state index is 0.0668. The number of esters is 1. The first-order chi connectivity index (χ1) is 6.49. The molecule has 0 saturated heterocycles. The molecule has 0 fully saturated rings. The molecule has 3 nitrogen and oxygen atoms in total. The summed E-state index contributed by atoms with van der Waals surface area (Å²) in [5, 5.41) is 0.0668. The molecule has 1 aromatic carbocycles. The van der Waals surface area contributed by atoms with Crippen LogP contribution in [0.3, 0.4) is 0 Å². The molecule has 0 aromatic heterocycles. The number of hydrogen-bond acceptors (Lipinski definition) is 3. The first-order valence-electron chi connectivity index (χ1n) is 3.50. The Morgan fingerprint density at radius 1 is 1.71 bits per heavy atom. The fourth-order valence-electron chi connectivity index (χ4n) is 0.911. The third kappa shape index (κ3) is 1.83. The first-order valence-corrected chi connectivity index (χ1v) is 4.67. The van der Waals surface area contributed by atoms with Crippen molar-refractivity contribution in [2.24, 2.45) is 0 Å². The lowest BCUT2D eigenvalue weighted by molar-refractivity contribution is 0.0600. The summed E-state index contributed by atoms with van der Waals surface area (Å²) < 4.78 is 17.7. The molecule has 0 bridgehead atoms. The molecule has 0 aliphatic heterocycles. The maximum absolute atomic E-state index is 13.1. The molecule has 14 heavy (non-hydrogen) atoms. The molecule has 0 spiro atoms. The van der Waals surface area contributed by atoms with E-state index in [2.05, 4.69) is 20.7 Å². The minimum atomic E-state index is -0.751. The van der Waals surface area contributed by atoms with Crippen LogP contribution in [0.25, 0.3) is 0 Å². The van der Waals surface area contributed by atoms with Crippen molar-refractivity contribution in [3.05, 3.63) is 26.9 Å². The number of benzene rings is 1. The van der Waals surface area contributed by atoms with E-state index in [-0.39, 0.29) is 20.7 Å². The van der Waals surface area contributed by atoms with Crippen molar-refractivity contribution < 1.29 is 13.9 Å². The Labute approximate surface area is 93.1 Å². The van der Waals surface area contributed by atoms with Crippen LogP contribution in [0.1, 0.15) is 10.4 Å². The maximum atomic E-state index is 13.1. The molecule has 0 radical (unpaired) electrons. The number of anilines is 1. The number of halogens is 3. The summed E-state index contributed by atoms with van der Waals surface area (Å²) in [6.07, 6.45) is 0. The summed E-state index contributed by atoms with van der Waals surface area (Å²) in [5.41, 5.74) is 4.98. The van der Waals surface area contributed by atoms with Crippen LogP contribution >= 0.6 is 27.5 Å². The number of carbonyl (C=O) groups excluding carboxylic acids is 1. The summed E-state index contributed by atoms with van der Waals surface area (Å²) in [6, 6.07) is 1.02. The van der Waals surface area contributed by atoms with Crippen LogP contribution in [0.15, 0.2) is 10.5 Å². The monoisotopic (exact) mass is 281 g/mol. The smallest absolute Gasteiger partial charge is 0.341 e. The van der Waals surface area contributed by atoms with Crippen LogP contribution in [0.4, 0.5) is 10.1 Å². The van der Waals surface area contributed by atoms with E-state index in [1.807, 2.05) is 0 Å². The van der Waals surface area contributed by atoms with E-state index in [0.717, 1.165) is 6.07 Å². The predicted molar refractivity (Wildman–Crippen MR) is 54.9 cm³/mol. The molecular weight excluding hydrogens is 276 g/mol. The number of methoxy groups -OCH3 is 1. The second-order valence-corrected chi connectivity index (χ2v) is 3.63. The van der Waals surface area contributed by atoms with Crippen LogP contribution in [-0.4, -0.2) is 13.1 Å². The fraction of sp³-hybridized carbons (Fsp3) is 0.125. The van der Waals surface area contributed by atoms with Gasteiger partial charge in [0, 0.05) is 0 Å². The number of hydrogen-bond donors (Lipinski definition) is 1. The van der Waals surface area contributed by atoms with Crippen molar-refractivity contribution in [3.63, 3.8) is 0 Å². The van der Waals surface area contributed by atoms with Gasteiger partial charge >= 0.3 is 5.97 Å². The van der Waals surface area contributed by atoms with Crippen molar-refractivity contribution in [2.75, 3.05) is 12.8 Å². The standard InChI is InChI=1S/C8H6BrClFNO2/c1-14-8(13)5-6(9)3(10)2-4(11)7(5)12/h2H,12H2,1H3. The Hall–Kier alpha value is -0.810. The fourth-order valence-corrected chi connectivity index (χ4v) is 1.59. The Morgan fingerprint density at radius 3 is 2.79 bits per heavy atom. The highest BCUT2D eigenvalue weighted by Crippen LogP contribution is 2.33. The Bertz CT molecular complexity index is 371. The quantitative estimate of drug-likeness (QED) is 0.489. The van der Waals surface area contributed by atoms with Gasteiger partial charge in [-0.3, -0.25) is 0 Å². The van der Waals surface area contributed by atoms with Crippen LogP contribution in [0.2, 0.25) is 5.02 Å². The Kier molecular flexibility index (Phi) is 3.34. The number of rotatable bonds is 1. The molecular formula is C8H6BrClFNO2. The molecule has 0 aliphatic carbocycles. The van der Waals surface area contributed by atoms with Gasteiger partial charge in [-0.2, -0.15) is 0 Å². The van der Waals surface area contributed by atoms with Gasteiger partial charge in [0.2, 0.25) is 0 Å². The van der Waals surface area contributed by atoms with Gasteiger partial charge in [0.15, 0.2) is 0 Å². The number of nitrogen functional groups attached to an aromatic ring is 1. The zero-order valence-electron chi connectivity index (χ0n) is 7.11. The zero-order chi connectivity index (χ0) is 10.9. The predicted octanol–water partition coefficient (Wildman–Crippen LogP) is 2.61. The average Bonchev–Trinajstić information content (AvgIpc) is 2.15. The molecule has 0 saturated carbocycles. The summed E-state index contributed by atoms with van der Waals surface area (Å²) in [7, 11) is 1.17. The lowest BCUT2D eigenvalue weighted by Crippen LogP contribution is -2.08. The van der Waals surface area contributed by atoms with E-state index in [4.69, 9.17) is 17.3 Å². The van der Waals surface area contributed by atoms with Gasteiger partial charge in [-0.1, -0.05) is 11.6 Å². The molecule has 2 N–H and O–H groups in total. The van der Waals surface area contributed by atoms with Crippen molar-refractivity contribution in [3.8, 4) is 0 Å². The lowest BCUT2D eigenvalue weighted by Gasteiger charge is -2.08. The molecule has 0 heterocycles. The molecule has 6 heteroatoms. The molecule has 0 aliphatic rings. The van der Waals surface area contributed by atoms with Gasteiger partial charge in [0.25, 0.3) is 0 Å². The normalized spacial score (nSPS) is 10.0. The highest BCUT2D eigenvalue weighted by atomic mass is 79.9. The van der Waals surface area contributed by atoms with Gasteiger partial charge in [0.05, 0.1) is 22.3 Å². The number of carbonyl (C=O) groups is 1. The largest absolute Gasteiger partial charge is 0.465 e. The second-order valence-electron chi connectivity index (χ2n) is 2.43. The van der Waals surface area contributed by atoms with Gasteiger partial charge in [-0.25, -0.2) is 9.18 Å². The van der Waals surface area contributed by atoms with Gasteiger partial charge in [-0.05, 0) is 22.0 Å². The SMILES string of the molecule is COC(=O)c1c(N)c(F)cc(Cl)c1Br. The summed E-state index contributed by atoms with van der Waals surface area (Å²) in [4.78, 5) is 11.2. The summed E-state index contributed by atoms with van der Waals surface area (Å²) in [5.74, 6) is -1.49. The van der Waals surface area contributed by atoms with E-state index in [9.17, 15) is 9.18 Å². The third-order valence-electron chi connectivity index (χ3n) is 1.60. The molecule has 0 unspecified atom stereocenters. The Morgan fingerprint density at radius 2 is 2.29 bits per heavy atom. The van der Waals surface area contributed by atoms with E-state index in [1.165, 1.54) is 7.11 Å². The van der Waals surface area contributed by atoms with Gasteiger partial charge in [0.1, 0.15) is 11.4 Å². The lowest BCUT2D eigenvalue weighted by atomic mass is 10.2. The number of nitrogens with two attached hydrogens (primary N) is 1. The molecule has 0 amide bonds. The van der Waals surface area contributed by atoms with Crippen molar-refractivity contribution in [1.29, 1.82) is 0 Å². The van der Waals surface area contributed by atoms with Crippen LogP contribution in [0.5, 0.6) is 0 Å². The van der Waals surface area contributed by atoms with Crippen molar-refractivity contribution in [1.82, 2.24) is 0 Å². The van der Waals surface area contributed by atoms with Crippen LogP contribution < -0.4 is 5.73 Å². The van der Waals surface area contributed by atoms with E-state index >= 15 is 0 Å². The van der Waals surface area contributed by atoms with E-state index in [1.54, 1.807) is 0 Å². The van der Waals surface area contributed by atoms with Crippen LogP contribution in [0, 0.1) is 5.82 Å². The number of ether oxygens (including phenoxy) is 1. The average molecular weight is 282 g/mol. The van der Waals surface area contributed by atoms with Crippen molar-refractivity contribution in [2.45, 2.75) is 0 Å². The summed E-state index contributed by atoms with van der Waals surface area (Å²) in [6.45, 7) is 0. The zero-order valence-corrected chi connectivity index (χ0v) is 9.45. The molecule has 0 atom stereocenters. The van der Waals surface area contributed by atoms with Crippen LogP contribution in [-0.2, 0) is 4.74 Å². The highest BCUT2D eigenvalue weighted by molar-refractivity contribution is 9.10. The molecule has 1 aromatic rings. The topological polar surface area (TPSA) is 52.3 Å². The van der Waals surface area contributed by atoms with Gasteiger partial charge < -0.3 is 10.5 Å². The Balaban J connectivity index is 3.47. The minimum Gasteiger partial charge on any atom is -0.465 e. The van der Waals surface area contributed by atoms with E-state index in [0.29, 0.717) is 0 Å². The highest BCUT2D eigenvalue weighted by Gasteiger charge is 2.20. The van der Waals surface area contributed by atoms with Crippen molar-refractivity contribution >= 4 is 39.2 Å². The second kappa shape index (κ2) is 4.14.